The second kappa shape index (κ2) is 9.06. The Morgan fingerprint density at radius 1 is 1.23 bits per heavy atom. The molecule has 0 radical (unpaired) electrons. The molecule has 4 aromatic rings. The van der Waals surface area contributed by atoms with Gasteiger partial charge in [-0.1, -0.05) is 36.4 Å². The molecule has 156 valence electrons. The van der Waals surface area contributed by atoms with E-state index in [2.05, 4.69) is 11.6 Å². The molecule has 0 amide bonds. The highest BCUT2D eigenvalue weighted by molar-refractivity contribution is 6.31. The maximum atomic E-state index is 6.45. The molecular formula is C25H22ClN3O2. The minimum atomic E-state index is 0.251. The standard InChI is InChI=1S/C25H22ClN3O2/c1-4-11-29(5-2)22-13-17(3)28-25-18(22)8-6-9-24(25)31-16-20-19(14-27-15-21(20)26)23-10-7-12-30-23/h4-15H,2,16H2,1,3H3/b11-4-. The molecule has 0 aliphatic rings. The van der Waals surface area contributed by atoms with Crippen LogP contribution in [0.3, 0.4) is 0 Å². The van der Waals surface area contributed by atoms with Gasteiger partial charge in [0.2, 0.25) is 0 Å². The summed E-state index contributed by atoms with van der Waals surface area (Å²) in [5.41, 5.74) is 4.25. The summed E-state index contributed by atoms with van der Waals surface area (Å²) in [6.45, 7) is 8.11. The quantitative estimate of drug-likeness (QED) is 0.318. The van der Waals surface area contributed by atoms with Gasteiger partial charge in [0.1, 0.15) is 23.6 Å². The van der Waals surface area contributed by atoms with Crippen LogP contribution < -0.4 is 9.64 Å². The van der Waals surface area contributed by atoms with Gasteiger partial charge in [-0.05, 0) is 38.1 Å². The number of hydrogen-bond acceptors (Lipinski definition) is 5. The van der Waals surface area contributed by atoms with E-state index >= 15 is 0 Å². The van der Waals surface area contributed by atoms with Crippen LogP contribution in [-0.2, 0) is 6.61 Å². The fourth-order valence-electron chi connectivity index (χ4n) is 3.46. The lowest BCUT2D eigenvalue weighted by molar-refractivity contribution is 0.309. The van der Waals surface area contributed by atoms with Crippen molar-refractivity contribution < 1.29 is 9.15 Å². The van der Waals surface area contributed by atoms with Crippen LogP contribution >= 0.6 is 11.6 Å². The van der Waals surface area contributed by atoms with E-state index in [4.69, 9.17) is 25.7 Å². The summed E-state index contributed by atoms with van der Waals surface area (Å²) in [5.74, 6) is 1.36. The molecule has 0 aliphatic carbocycles. The van der Waals surface area contributed by atoms with Gasteiger partial charge in [0.05, 0.1) is 17.0 Å². The Labute approximate surface area is 186 Å². The van der Waals surface area contributed by atoms with Crippen molar-refractivity contribution in [3.63, 3.8) is 0 Å². The fraction of sp³-hybridized carbons (Fsp3) is 0.120. The number of pyridine rings is 2. The van der Waals surface area contributed by atoms with Gasteiger partial charge < -0.3 is 14.1 Å². The largest absolute Gasteiger partial charge is 0.487 e. The van der Waals surface area contributed by atoms with Crippen LogP contribution in [0.4, 0.5) is 5.69 Å². The molecule has 0 unspecified atom stereocenters. The number of anilines is 1. The van der Waals surface area contributed by atoms with Gasteiger partial charge in [-0.25, -0.2) is 4.98 Å². The van der Waals surface area contributed by atoms with Crippen LogP contribution in [0.25, 0.3) is 22.2 Å². The van der Waals surface area contributed by atoms with E-state index in [0.29, 0.717) is 16.5 Å². The zero-order chi connectivity index (χ0) is 21.8. The predicted octanol–water partition coefficient (Wildman–Crippen LogP) is 6.91. The van der Waals surface area contributed by atoms with Crippen LogP contribution in [0, 0.1) is 6.92 Å². The Morgan fingerprint density at radius 3 is 2.84 bits per heavy atom. The van der Waals surface area contributed by atoms with Crippen molar-refractivity contribution in [3.8, 4) is 17.1 Å². The molecule has 3 heterocycles. The molecule has 0 saturated carbocycles. The number of furan rings is 1. The molecule has 1 aromatic carbocycles. The third-order valence-corrected chi connectivity index (χ3v) is 5.18. The summed E-state index contributed by atoms with van der Waals surface area (Å²) in [4.78, 5) is 10.9. The Morgan fingerprint density at radius 2 is 2.10 bits per heavy atom. The van der Waals surface area contributed by atoms with Crippen LogP contribution in [0.2, 0.25) is 5.02 Å². The summed E-state index contributed by atoms with van der Waals surface area (Å²) >= 11 is 6.45. The van der Waals surface area contributed by atoms with E-state index in [1.165, 1.54) is 0 Å². The van der Waals surface area contributed by atoms with Crippen LogP contribution in [0.1, 0.15) is 18.2 Å². The van der Waals surface area contributed by atoms with Crippen LogP contribution in [0.15, 0.2) is 84.5 Å². The molecule has 0 N–H and O–H groups in total. The lowest BCUT2D eigenvalue weighted by atomic mass is 10.1. The normalized spacial score (nSPS) is 11.2. The smallest absolute Gasteiger partial charge is 0.146 e. The second-order valence-electron chi connectivity index (χ2n) is 6.92. The Bertz CT molecular complexity index is 1250. The number of nitrogens with zero attached hydrogens (tertiary/aromatic N) is 3. The van der Waals surface area contributed by atoms with Crippen molar-refractivity contribution >= 4 is 28.2 Å². The third-order valence-electron chi connectivity index (χ3n) is 4.86. The highest BCUT2D eigenvalue weighted by Gasteiger charge is 2.15. The molecule has 0 aliphatic heterocycles. The number of aryl methyl sites for hydroxylation is 1. The molecule has 5 nitrogen and oxygen atoms in total. The Balaban J connectivity index is 1.74. The minimum absolute atomic E-state index is 0.251. The zero-order valence-electron chi connectivity index (χ0n) is 17.4. The van der Waals surface area contributed by atoms with E-state index in [9.17, 15) is 0 Å². The molecule has 0 atom stereocenters. The summed E-state index contributed by atoms with van der Waals surface area (Å²) in [7, 11) is 0. The number of benzene rings is 1. The molecule has 0 bridgehead atoms. The zero-order valence-corrected chi connectivity index (χ0v) is 18.1. The number of rotatable bonds is 7. The van der Waals surface area contributed by atoms with E-state index in [-0.39, 0.29) is 6.61 Å². The number of para-hydroxylation sites is 1. The average molecular weight is 432 g/mol. The first-order valence-corrected chi connectivity index (χ1v) is 10.2. The summed E-state index contributed by atoms with van der Waals surface area (Å²) in [5, 5.41) is 1.48. The molecule has 6 heteroatoms. The van der Waals surface area contributed by atoms with Crippen LogP contribution in [0.5, 0.6) is 5.75 Å². The van der Waals surface area contributed by atoms with Gasteiger partial charge in [-0.3, -0.25) is 4.98 Å². The summed E-state index contributed by atoms with van der Waals surface area (Å²) in [6.07, 6.45) is 10.7. The van der Waals surface area contributed by atoms with E-state index in [1.807, 2.05) is 67.4 Å². The van der Waals surface area contributed by atoms with Crippen molar-refractivity contribution in [2.75, 3.05) is 4.90 Å². The number of fused-ring (bicyclic) bond motifs is 1. The summed E-state index contributed by atoms with van der Waals surface area (Å²) in [6, 6.07) is 11.6. The molecule has 0 fully saturated rings. The maximum absolute atomic E-state index is 6.45. The van der Waals surface area contributed by atoms with Gasteiger partial charge >= 0.3 is 0 Å². The average Bonchev–Trinajstić information content (AvgIpc) is 3.31. The molecular weight excluding hydrogens is 410 g/mol. The highest BCUT2D eigenvalue weighted by atomic mass is 35.5. The monoisotopic (exact) mass is 431 g/mol. The number of hydrogen-bond donors (Lipinski definition) is 0. The molecule has 4 rings (SSSR count). The van der Waals surface area contributed by atoms with Gasteiger partial charge in [0, 0.05) is 47.0 Å². The molecule has 0 saturated heterocycles. The predicted molar refractivity (Wildman–Crippen MR) is 125 cm³/mol. The van der Waals surface area contributed by atoms with Gasteiger partial charge in [-0.15, -0.1) is 0 Å². The first-order chi connectivity index (χ1) is 15.1. The molecule has 3 aromatic heterocycles. The van der Waals surface area contributed by atoms with E-state index in [0.717, 1.165) is 33.4 Å². The van der Waals surface area contributed by atoms with Crippen molar-refractivity contribution in [3.05, 3.63) is 96.4 Å². The Kier molecular flexibility index (Phi) is 6.05. The lowest BCUT2D eigenvalue weighted by Crippen LogP contribution is -2.08. The maximum Gasteiger partial charge on any atom is 0.146 e. The fourth-order valence-corrected chi connectivity index (χ4v) is 3.67. The van der Waals surface area contributed by atoms with Gasteiger partial charge in [0.15, 0.2) is 0 Å². The first kappa shape index (κ1) is 20.7. The van der Waals surface area contributed by atoms with Gasteiger partial charge in [-0.2, -0.15) is 0 Å². The third kappa shape index (κ3) is 4.18. The van der Waals surface area contributed by atoms with Gasteiger partial charge in [0.25, 0.3) is 0 Å². The van der Waals surface area contributed by atoms with E-state index < -0.39 is 0 Å². The highest BCUT2D eigenvalue weighted by Crippen LogP contribution is 2.34. The van der Waals surface area contributed by atoms with Crippen LogP contribution in [-0.4, -0.2) is 9.97 Å². The van der Waals surface area contributed by atoms with Crippen molar-refractivity contribution in [1.82, 2.24) is 9.97 Å². The summed E-state index contributed by atoms with van der Waals surface area (Å²) < 4.78 is 11.8. The number of halogens is 1. The minimum Gasteiger partial charge on any atom is -0.487 e. The van der Waals surface area contributed by atoms with Crippen molar-refractivity contribution in [1.29, 1.82) is 0 Å². The second-order valence-corrected chi connectivity index (χ2v) is 7.33. The number of allylic oxidation sites excluding steroid dienone is 1. The first-order valence-electron chi connectivity index (χ1n) is 9.85. The van der Waals surface area contributed by atoms with Crippen molar-refractivity contribution in [2.45, 2.75) is 20.5 Å². The number of aromatic nitrogens is 2. The molecule has 0 spiro atoms. The van der Waals surface area contributed by atoms with E-state index in [1.54, 1.807) is 24.9 Å². The SMILES string of the molecule is C=CN(/C=C\C)c1cc(C)nc2c(OCc3c(Cl)cncc3-c3ccco3)cccc12. The lowest BCUT2D eigenvalue weighted by Gasteiger charge is -2.19. The number of ether oxygens (including phenoxy) is 1. The molecule has 31 heavy (non-hydrogen) atoms. The topological polar surface area (TPSA) is 51.4 Å². The van der Waals surface area contributed by atoms with Crippen molar-refractivity contribution in [2.24, 2.45) is 0 Å². The Hall–Kier alpha value is -3.57.